The van der Waals surface area contributed by atoms with Crippen LogP contribution in [0.4, 0.5) is 5.69 Å². The summed E-state index contributed by atoms with van der Waals surface area (Å²) in [6, 6.07) is 5.70. The maximum atomic E-state index is 11.7. The maximum absolute atomic E-state index is 11.7. The number of hydrogen-bond acceptors (Lipinski definition) is 4. The monoisotopic (exact) mass is 265 g/mol. The zero-order valence-electron chi connectivity index (χ0n) is 11.9. The van der Waals surface area contributed by atoms with Crippen molar-refractivity contribution in [2.75, 3.05) is 32.1 Å². The number of nitrogens with one attached hydrogen (secondary N) is 1. The predicted octanol–water partition coefficient (Wildman–Crippen LogP) is 1.12. The summed E-state index contributed by atoms with van der Waals surface area (Å²) in [5, 5.41) is 2.86. The predicted molar refractivity (Wildman–Crippen MR) is 77.5 cm³/mol. The SMILES string of the molecule is CCCNC(=O)CN(C)c1cc(OC)ccc1CN. The smallest absolute Gasteiger partial charge is 0.239 e. The van der Waals surface area contributed by atoms with E-state index in [2.05, 4.69) is 5.32 Å². The summed E-state index contributed by atoms with van der Waals surface area (Å²) in [6.07, 6.45) is 0.933. The summed E-state index contributed by atoms with van der Waals surface area (Å²) in [5.74, 6) is 0.767. The second kappa shape index (κ2) is 7.63. The number of likely N-dealkylation sites (N-methyl/N-ethyl adjacent to an activating group) is 1. The Bertz CT molecular complexity index is 421. The number of carbonyl (C=O) groups is 1. The lowest BCUT2D eigenvalue weighted by Gasteiger charge is -2.22. The molecule has 0 bridgehead atoms. The number of hydrogen-bond donors (Lipinski definition) is 2. The van der Waals surface area contributed by atoms with Gasteiger partial charge in [0.1, 0.15) is 5.75 Å². The molecule has 5 heteroatoms. The Balaban J connectivity index is 2.79. The van der Waals surface area contributed by atoms with Crippen molar-refractivity contribution in [2.45, 2.75) is 19.9 Å². The van der Waals surface area contributed by atoms with E-state index in [9.17, 15) is 4.79 Å². The van der Waals surface area contributed by atoms with Gasteiger partial charge in [0, 0.05) is 31.9 Å². The molecule has 0 atom stereocenters. The minimum Gasteiger partial charge on any atom is -0.497 e. The molecule has 1 aromatic rings. The average molecular weight is 265 g/mol. The third-order valence-corrected chi connectivity index (χ3v) is 2.88. The molecule has 0 saturated carbocycles. The summed E-state index contributed by atoms with van der Waals surface area (Å²) in [7, 11) is 3.49. The molecule has 5 nitrogen and oxygen atoms in total. The maximum Gasteiger partial charge on any atom is 0.239 e. The van der Waals surface area contributed by atoms with Gasteiger partial charge >= 0.3 is 0 Å². The largest absolute Gasteiger partial charge is 0.497 e. The van der Waals surface area contributed by atoms with Gasteiger partial charge in [-0.1, -0.05) is 13.0 Å². The molecule has 0 radical (unpaired) electrons. The minimum atomic E-state index is 0.00939. The van der Waals surface area contributed by atoms with E-state index in [1.807, 2.05) is 37.1 Å². The van der Waals surface area contributed by atoms with E-state index >= 15 is 0 Å². The van der Waals surface area contributed by atoms with Crippen LogP contribution in [0.3, 0.4) is 0 Å². The van der Waals surface area contributed by atoms with Crippen molar-refractivity contribution in [1.82, 2.24) is 5.32 Å². The highest BCUT2D eigenvalue weighted by Crippen LogP contribution is 2.24. The molecule has 0 aliphatic carbocycles. The first-order valence-electron chi connectivity index (χ1n) is 6.47. The van der Waals surface area contributed by atoms with Crippen LogP contribution in [-0.2, 0) is 11.3 Å². The Hall–Kier alpha value is -1.75. The fraction of sp³-hybridized carbons (Fsp3) is 0.500. The van der Waals surface area contributed by atoms with E-state index in [1.165, 1.54) is 0 Å². The minimum absolute atomic E-state index is 0.00939. The molecule has 0 spiro atoms. The molecule has 3 N–H and O–H groups in total. The average Bonchev–Trinajstić information content (AvgIpc) is 2.44. The molecule has 0 aliphatic rings. The zero-order valence-corrected chi connectivity index (χ0v) is 11.9. The quantitative estimate of drug-likeness (QED) is 0.775. The molecule has 1 aromatic carbocycles. The van der Waals surface area contributed by atoms with E-state index in [-0.39, 0.29) is 5.91 Å². The number of methoxy groups -OCH3 is 1. The van der Waals surface area contributed by atoms with Crippen LogP contribution in [0.2, 0.25) is 0 Å². The first-order chi connectivity index (χ1) is 9.12. The number of nitrogens with two attached hydrogens (primary N) is 1. The standard InChI is InChI=1S/C14H23N3O2/c1-4-7-16-14(18)10-17(2)13-8-12(19-3)6-5-11(13)9-15/h5-6,8H,4,7,9-10,15H2,1-3H3,(H,16,18). The van der Waals surface area contributed by atoms with E-state index in [1.54, 1.807) is 7.11 Å². The van der Waals surface area contributed by atoms with E-state index < -0.39 is 0 Å². The van der Waals surface area contributed by atoms with Crippen LogP contribution in [-0.4, -0.2) is 33.2 Å². The molecule has 0 saturated heterocycles. The number of carbonyl (C=O) groups excluding carboxylic acids is 1. The molecule has 0 fully saturated rings. The van der Waals surface area contributed by atoms with E-state index in [4.69, 9.17) is 10.5 Å². The Labute approximate surface area is 114 Å². The first kappa shape index (κ1) is 15.3. The van der Waals surface area contributed by atoms with Gasteiger partial charge in [-0.15, -0.1) is 0 Å². The Morgan fingerprint density at radius 1 is 1.47 bits per heavy atom. The van der Waals surface area contributed by atoms with Crippen molar-refractivity contribution in [1.29, 1.82) is 0 Å². The van der Waals surface area contributed by atoms with Gasteiger partial charge in [-0.3, -0.25) is 4.79 Å². The van der Waals surface area contributed by atoms with Crippen molar-refractivity contribution in [3.8, 4) is 5.75 Å². The van der Waals surface area contributed by atoms with Crippen LogP contribution in [0, 0.1) is 0 Å². The molecule has 0 heterocycles. The number of anilines is 1. The van der Waals surface area contributed by atoms with E-state index in [0.29, 0.717) is 19.6 Å². The normalized spacial score (nSPS) is 10.1. The van der Waals surface area contributed by atoms with Crippen LogP contribution < -0.4 is 20.7 Å². The second-order valence-corrected chi connectivity index (χ2v) is 4.40. The van der Waals surface area contributed by atoms with Crippen molar-refractivity contribution >= 4 is 11.6 Å². The lowest BCUT2D eigenvalue weighted by molar-refractivity contribution is -0.119. The van der Waals surface area contributed by atoms with Gasteiger partial charge in [0.05, 0.1) is 13.7 Å². The fourth-order valence-corrected chi connectivity index (χ4v) is 1.82. The molecule has 0 aliphatic heterocycles. The Morgan fingerprint density at radius 2 is 2.21 bits per heavy atom. The summed E-state index contributed by atoms with van der Waals surface area (Å²) >= 11 is 0. The van der Waals surface area contributed by atoms with Gasteiger partial charge in [0.25, 0.3) is 0 Å². The number of benzene rings is 1. The molecular weight excluding hydrogens is 242 g/mol. The van der Waals surface area contributed by atoms with Gasteiger partial charge in [0.2, 0.25) is 5.91 Å². The summed E-state index contributed by atoms with van der Waals surface area (Å²) < 4.78 is 5.21. The van der Waals surface area contributed by atoms with Crippen molar-refractivity contribution < 1.29 is 9.53 Å². The lowest BCUT2D eigenvalue weighted by Crippen LogP contribution is -2.36. The molecule has 1 rings (SSSR count). The number of rotatable bonds is 7. The summed E-state index contributed by atoms with van der Waals surface area (Å²) in [4.78, 5) is 13.6. The highest BCUT2D eigenvalue weighted by molar-refractivity contribution is 5.81. The van der Waals surface area contributed by atoms with Crippen LogP contribution in [0.1, 0.15) is 18.9 Å². The number of ether oxygens (including phenoxy) is 1. The third-order valence-electron chi connectivity index (χ3n) is 2.88. The zero-order chi connectivity index (χ0) is 14.3. The fourth-order valence-electron chi connectivity index (χ4n) is 1.82. The van der Waals surface area contributed by atoms with Crippen LogP contribution >= 0.6 is 0 Å². The highest BCUT2D eigenvalue weighted by Gasteiger charge is 2.11. The Morgan fingerprint density at radius 3 is 2.79 bits per heavy atom. The first-order valence-corrected chi connectivity index (χ1v) is 6.47. The van der Waals surface area contributed by atoms with Gasteiger partial charge in [-0.25, -0.2) is 0 Å². The van der Waals surface area contributed by atoms with E-state index in [0.717, 1.165) is 23.4 Å². The van der Waals surface area contributed by atoms with Gasteiger partial charge < -0.3 is 20.7 Å². The van der Waals surface area contributed by atoms with Crippen molar-refractivity contribution in [2.24, 2.45) is 5.73 Å². The highest BCUT2D eigenvalue weighted by atomic mass is 16.5. The van der Waals surface area contributed by atoms with Crippen molar-refractivity contribution in [3.63, 3.8) is 0 Å². The molecular formula is C14H23N3O2. The van der Waals surface area contributed by atoms with Crippen molar-refractivity contribution in [3.05, 3.63) is 23.8 Å². The number of amides is 1. The third kappa shape index (κ3) is 4.44. The van der Waals surface area contributed by atoms with Crippen LogP contribution in [0.25, 0.3) is 0 Å². The topological polar surface area (TPSA) is 67.6 Å². The lowest BCUT2D eigenvalue weighted by atomic mass is 10.1. The molecule has 106 valence electrons. The summed E-state index contributed by atoms with van der Waals surface area (Å²) in [5.41, 5.74) is 7.64. The van der Waals surface area contributed by atoms with Crippen LogP contribution in [0.5, 0.6) is 5.75 Å². The summed E-state index contributed by atoms with van der Waals surface area (Å²) in [6.45, 7) is 3.47. The molecule has 1 amide bonds. The van der Waals surface area contributed by atoms with Gasteiger partial charge in [-0.05, 0) is 18.1 Å². The van der Waals surface area contributed by atoms with Gasteiger partial charge in [0.15, 0.2) is 0 Å². The molecule has 0 unspecified atom stereocenters. The van der Waals surface area contributed by atoms with Crippen LogP contribution in [0.15, 0.2) is 18.2 Å². The molecule has 0 aromatic heterocycles. The molecule has 19 heavy (non-hydrogen) atoms. The van der Waals surface area contributed by atoms with Gasteiger partial charge in [-0.2, -0.15) is 0 Å². The number of nitrogens with zero attached hydrogens (tertiary/aromatic N) is 1. The second-order valence-electron chi connectivity index (χ2n) is 4.40. The Kier molecular flexibility index (Phi) is 6.15.